The first-order valence-electron chi connectivity index (χ1n) is 6.30. The molecule has 0 atom stereocenters. The molecule has 0 spiro atoms. The summed E-state index contributed by atoms with van der Waals surface area (Å²) in [6.07, 6.45) is 2.65. The Kier molecular flexibility index (Phi) is 6.68. The first-order valence-corrected chi connectivity index (χ1v) is 7.18. The van der Waals surface area contributed by atoms with Gasteiger partial charge in [-0.2, -0.15) is 0 Å². The minimum absolute atomic E-state index is 0. The van der Waals surface area contributed by atoms with Gasteiger partial charge in [-0.15, -0.1) is 23.7 Å². The van der Waals surface area contributed by atoms with Gasteiger partial charge in [-0.25, -0.2) is 0 Å². The molecule has 0 aliphatic heterocycles. The van der Waals surface area contributed by atoms with Gasteiger partial charge >= 0.3 is 0 Å². The van der Waals surface area contributed by atoms with E-state index in [1.165, 1.54) is 17.7 Å². The largest absolute Gasteiger partial charge is 0.337 e. The van der Waals surface area contributed by atoms with E-state index in [1.807, 2.05) is 17.9 Å². The van der Waals surface area contributed by atoms with Crippen molar-refractivity contribution < 1.29 is 4.79 Å². The summed E-state index contributed by atoms with van der Waals surface area (Å²) in [5.41, 5.74) is 0. The van der Waals surface area contributed by atoms with Crippen molar-refractivity contribution in [3.05, 3.63) is 22.4 Å². The van der Waals surface area contributed by atoms with Gasteiger partial charge in [0.1, 0.15) is 0 Å². The van der Waals surface area contributed by atoms with Crippen molar-refractivity contribution in [3.63, 3.8) is 0 Å². The molecule has 1 aliphatic rings. The van der Waals surface area contributed by atoms with Crippen LogP contribution in [0.2, 0.25) is 0 Å². The van der Waals surface area contributed by atoms with Gasteiger partial charge in [0.25, 0.3) is 0 Å². The van der Waals surface area contributed by atoms with Crippen LogP contribution >= 0.6 is 23.7 Å². The van der Waals surface area contributed by atoms with E-state index in [0.29, 0.717) is 6.54 Å². The highest BCUT2D eigenvalue weighted by Crippen LogP contribution is 2.27. The predicted octanol–water partition coefficient (Wildman–Crippen LogP) is 2.52. The minimum atomic E-state index is 0. The van der Waals surface area contributed by atoms with Gasteiger partial charge in [-0.1, -0.05) is 6.07 Å². The van der Waals surface area contributed by atoms with E-state index in [2.05, 4.69) is 16.8 Å². The molecule has 0 unspecified atom stereocenters. The Morgan fingerprint density at radius 1 is 1.56 bits per heavy atom. The summed E-state index contributed by atoms with van der Waals surface area (Å²) in [6, 6.07) is 4.11. The van der Waals surface area contributed by atoms with Gasteiger partial charge < -0.3 is 10.2 Å². The molecule has 102 valence electrons. The van der Waals surface area contributed by atoms with E-state index >= 15 is 0 Å². The van der Waals surface area contributed by atoms with Crippen molar-refractivity contribution in [2.24, 2.45) is 5.92 Å². The topological polar surface area (TPSA) is 32.3 Å². The maximum Gasteiger partial charge on any atom is 0.236 e. The molecule has 1 aromatic rings. The van der Waals surface area contributed by atoms with Crippen LogP contribution in [-0.2, 0) is 11.3 Å². The number of nitrogens with zero attached hydrogens (tertiary/aromatic N) is 1. The highest BCUT2D eigenvalue weighted by Gasteiger charge is 2.21. The Morgan fingerprint density at radius 2 is 2.33 bits per heavy atom. The first-order chi connectivity index (χ1) is 8.29. The zero-order valence-corrected chi connectivity index (χ0v) is 12.4. The van der Waals surface area contributed by atoms with Gasteiger partial charge in [0.2, 0.25) is 5.91 Å². The lowest BCUT2D eigenvalue weighted by atomic mass is 10.3. The van der Waals surface area contributed by atoms with Crippen LogP contribution in [-0.4, -0.2) is 30.4 Å². The molecule has 1 aliphatic carbocycles. The smallest absolute Gasteiger partial charge is 0.236 e. The summed E-state index contributed by atoms with van der Waals surface area (Å²) >= 11 is 1.71. The Hall–Kier alpha value is -0.580. The second kappa shape index (κ2) is 7.77. The Labute approximate surface area is 119 Å². The Morgan fingerprint density at radius 3 is 2.89 bits per heavy atom. The Bertz CT molecular complexity index is 352. The van der Waals surface area contributed by atoms with Crippen LogP contribution in [0.25, 0.3) is 0 Å². The van der Waals surface area contributed by atoms with Gasteiger partial charge in [-0.3, -0.25) is 4.79 Å². The van der Waals surface area contributed by atoms with E-state index in [-0.39, 0.29) is 18.3 Å². The molecule has 0 saturated heterocycles. The lowest BCUT2D eigenvalue weighted by Gasteiger charge is -2.20. The third-order valence-electron chi connectivity index (χ3n) is 3.07. The second-order valence-electron chi connectivity index (χ2n) is 4.56. The molecule has 2 rings (SSSR count). The third-order valence-corrected chi connectivity index (χ3v) is 3.93. The fourth-order valence-corrected chi connectivity index (χ4v) is 2.50. The maximum absolute atomic E-state index is 12.0. The summed E-state index contributed by atoms with van der Waals surface area (Å²) < 4.78 is 0. The van der Waals surface area contributed by atoms with Crippen LogP contribution in [0, 0.1) is 5.92 Å². The fraction of sp³-hybridized carbons (Fsp3) is 0.615. The normalized spacial score (nSPS) is 14.1. The zero-order valence-electron chi connectivity index (χ0n) is 10.7. The summed E-state index contributed by atoms with van der Waals surface area (Å²) in [5, 5.41) is 5.31. The molecule has 3 nitrogen and oxygen atoms in total. The number of halogens is 1. The first kappa shape index (κ1) is 15.5. The number of likely N-dealkylation sites (N-methyl/N-ethyl adjacent to an activating group) is 1. The molecule has 1 N–H and O–H groups in total. The lowest BCUT2D eigenvalue weighted by molar-refractivity contribution is -0.130. The van der Waals surface area contributed by atoms with Crippen LogP contribution in [0.1, 0.15) is 24.6 Å². The number of carbonyl (C=O) groups excluding carboxylic acids is 1. The molecule has 1 fully saturated rings. The molecule has 18 heavy (non-hydrogen) atoms. The number of carbonyl (C=O) groups is 1. The maximum atomic E-state index is 12.0. The van der Waals surface area contributed by atoms with Crippen LogP contribution in [0.15, 0.2) is 17.5 Å². The molecule has 0 aromatic carbocycles. The van der Waals surface area contributed by atoms with Crippen molar-refractivity contribution >= 4 is 29.7 Å². The van der Waals surface area contributed by atoms with Gasteiger partial charge in [0.15, 0.2) is 0 Å². The van der Waals surface area contributed by atoms with Crippen molar-refractivity contribution in [3.8, 4) is 0 Å². The van der Waals surface area contributed by atoms with E-state index in [4.69, 9.17) is 0 Å². The molecule has 1 aromatic heterocycles. The number of hydrogen-bond acceptors (Lipinski definition) is 3. The molecule has 5 heteroatoms. The fourth-order valence-electron chi connectivity index (χ4n) is 1.78. The van der Waals surface area contributed by atoms with Crippen molar-refractivity contribution in [2.45, 2.75) is 26.3 Å². The van der Waals surface area contributed by atoms with E-state index < -0.39 is 0 Å². The Balaban J connectivity index is 0.00000162. The summed E-state index contributed by atoms with van der Waals surface area (Å²) in [6.45, 7) is 5.05. The average molecular weight is 289 g/mol. The SMILES string of the molecule is CCN(Cc1cccs1)C(=O)CNCC1CC1.Cl. The third kappa shape index (κ3) is 4.96. The summed E-state index contributed by atoms with van der Waals surface area (Å²) in [7, 11) is 0. The van der Waals surface area contributed by atoms with E-state index in [0.717, 1.165) is 25.6 Å². The second-order valence-corrected chi connectivity index (χ2v) is 5.59. The van der Waals surface area contributed by atoms with Crippen molar-refractivity contribution in [2.75, 3.05) is 19.6 Å². The quantitative estimate of drug-likeness (QED) is 0.836. The number of rotatable bonds is 7. The summed E-state index contributed by atoms with van der Waals surface area (Å²) in [4.78, 5) is 15.1. The van der Waals surface area contributed by atoms with Crippen molar-refractivity contribution in [1.29, 1.82) is 0 Å². The standard InChI is InChI=1S/C13H20N2OS.ClH/c1-2-15(10-12-4-3-7-17-12)13(16)9-14-8-11-5-6-11;/h3-4,7,11,14H,2,5-6,8-10H2,1H3;1H. The average Bonchev–Trinajstić information content (AvgIpc) is 3.01. The monoisotopic (exact) mass is 288 g/mol. The number of hydrogen-bond donors (Lipinski definition) is 1. The van der Waals surface area contributed by atoms with Gasteiger partial charge in [-0.05, 0) is 43.7 Å². The van der Waals surface area contributed by atoms with Crippen molar-refractivity contribution in [1.82, 2.24) is 10.2 Å². The number of nitrogens with one attached hydrogen (secondary N) is 1. The number of thiophene rings is 1. The predicted molar refractivity (Wildman–Crippen MR) is 78.3 cm³/mol. The molecule has 1 saturated carbocycles. The molecule has 0 radical (unpaired) electrons. The number of amides is 1. The highest BCUT2D eigenvalue weighted by atomic mass is 35.5. The summed E-state index contributed by atoms with van der Waals surface area (Å²) in [5.74, 6) is 1.04. The van der Waals surface area contributed by atoms with Gasteiger partial charge in [0, 0.05) is 11.4 Å². The lowest BCUT2D eigenvalue weighted by Crippen LogP contribution is -2.38. The van der Waals surface area contributed by atoms with Crippen LogP contribution in [0.5, 0.6) is 0 Å². The van der Waals surface area contributed by atoms with Crippen LogP contribution in [0.4, 0.5) is 0 Å². The zero-order chi connectivity index (χ0) is 12.1. The van der Waals surface area contributed by atoms with Gasteiger partial charge in [0.05, 0.1) is 13.1 Å². The van der Waals surface area contributed by atoms with E-state index in [9.17, 15) is 4.79 Å². The minimum Gasteiger partial charge on any atom is -0.337 e. The van der Waals surface area contributed by atoms with Crippen LogP contribution < -0.4 is 5.32 Å². The molecule has 1 amide bonds. The van der Waals surface area contributed by atoms with Crippen LogP contribution in [0.3, 0.4) is 0 Å². The van der Waals surface area contributed by atoms with E-state index in [1.54, 1.807) is 11.3 Å². The molecule has 1 heterocycles. The molecular weight excluding hydrogens is 268 g/mol. The molecule has 0 bridgehead atoms. The highest BCUT2D eigenvalue weighted by molar-refractivity contribution is 7.09. The molecular formula is C13H21ClN2OS.